The highest BCUT2D eigenvalue weighted by molar-refractivity contribution is 7.08. The van der Waals surface area contributed by atoms with Crippen molar-refractivity contribution in [2.75, 3.05) is 5.32 Å². The van der Waals surface area contributed by atoms with Crippen molar-refractivity contribution in [1.82, 2.24) is 9.59 Å². The van der Waals surface area contributed by atoms with E-state index in [4.69, 9.17) is 5.11 Å². The lowest BCUT2D eigenvalue weighted by atomic mass is 10.1. The first-order chi connectivity index (χ1) is 9.52. The molecule has 1 aromatic heterocycles. The first kappa shape index (κ1) is 14.1. The Balaban J connectivity index is 2.28. The second-order valence-corrected chi connectivity index (χ2v) is 4.95. The predicted octanol–water partition coefficient (Wildman–Crippen LogP) is 2.36. The number of carboxylic acids is 1. The van der Waals surface area contributed by atoms with Gasteiger partial charge in [-0.1, -0.05) is 17.5 Å². The Morgan fingerprint density at radius 3 is 2.80 bits per heavy atom. The number of hydrogen-bond donors (Lipinski definition) is 2. The zero-order chi connectivity index (χ0) is 14.7. The standard InChI is InChI=1S/C13H13N3O3S/c1-3-9-11(20-16-15-9)12(17)14-10-6-8(13(18)19)5-4-7(10)2/h4-6H,3H2,1-2H3,(H,14,17)(H,18,19). The maximum absolute atomic E-state index is 12.2. The van der Waals surface area contributed by atoms with Gasteiger partial charge >= 0.3 is 5.97 Å². The van der Waals surface area contributed by atoms with Crippen molar-refractivity contribution >= 4 is 29.1 Å². The summed E-state index contributed by atoms with van der Waals surface area (Å²) in [6.07, 6.45) is 0.618. The third-order valence-electron chi connectivity index (χ3n) is 2.83. The van der Waals surface area contributed by atoms with Crippen molar-refractivity contribution in [3.8, 4) is 0 Å². The Hall–Kier alpha value is -2.28. The summed E-state index contributed by atoms with van der Waals surface area (Å²) in [5.41, 5.74) is 2.04. The highest BCUT2D eigenvalue weighted by Gasteiger charge is 2.16. The molecule has 0 unspecified atom stereocenters. The van der Waals surface area contributed by atoms with Gasteiger partial charge in [-0.05, 0) is 42.6 Å². The molecule has 0 aliphatic carbocycles. The lowest BCUT2D eigenvalue weighted by Gasteiger charge is -2.08. The molecule has 2 rings (SSSR count). The molecule has 0 spiro atoms. The highest BCUT2D eigenvalue weighted by Crippen LogP contribution is 2.20. The van der Waals surface area contributed by atoms with Crippen LogP contribution in [0.5, 0.6) is 0 Å². The van der Waals surface area contributed by atoms with Crippen molar-refractivity contribution in [2.24, 2.45) is 0 Å². The molecule has 104 valence electrons. The molecule has 7 heteroatoms. The van der Waals surface area contributed by atoms with Gasteiger partial charge in [0.2, 0.25) is 0 Å². The number of aromatic carboxylic acids is 1. The molecule has 0 aliphatic rings. The van der Waals surface area contributed by atoms with Gasteiger partial charge < -0.3 is 10.4 Å². The van der Waals surface area contributed by atoms with Gasteiger partial charge in [-0.2, -0.15) is 0 Å². The smallest absolute Gasteiger partial charge is 0.335 e. The van der Waals surface area contributed by atoms with Gasteiger partial charge in [0.25, 0.3) is 5.91 Å². The van der Waals surface area contributed by atoms with Gasteiger partial charge in [0.05, 0.1) is 11.3 Å². The van der Waals surface area contributed by atoms with E-state index in [1.807, 2.05) is 6.92 Å². The van der Waals surface area contributed by atoms with Crippen LogP contribution >= 0.6 is 11.5 Å². The van der Waals surface area contributed by atoms with Gasteiger partial charge in [-0.25, -0.2) is 4.79 Å². The van der Waals surface area contributed by atoms with E-state index in [0.717, 1.165) is 17.1 Å². The molecular weight excluding hydrogens is 278 g/mol. The number of rotatable bonds is 4. The SMILES string of the molecule is CCc1nnsc1C(=O)Nc1cc(C(=O)O)ccc1C. The first-order valence-electron chi connectivity index (χ1n) is 5.99. The summed E-state index contributed by atoms with van der Waals surface area (Å²) >= 11 is 1.03. The third kappa shape index (κ3) is 2.83. The number of hydrogen-bond acceptors (Lipinski definition) is 5. The molecule has 2 N–H and O–H groups in total. The monoisotopic (exact) mass is 291 g/mol. The van der Waals surface area contributed by atoms with E-state index in [1.54, 1.807) is 13.0 Å². The topological polar surface area (TPSA) is 92.2 Å². The number of nitrogens with zero attached hydrogens (tertiary/aromatic N) is 2. The molecule has 0 aliphatic heterocycles. The van der Waals surface area contributed by atoms with Crippen molar-refractivity contribution in [3.05, 3.63) is 39.9 Å². The van der Waals surface area contributed by atoms with Crippen molar-refractivity contribution in [3.63, 3.8) is 0 Å². The van der Waals surface area contributed by atoms with E-state index in [2.05, 4.69) is 14.9 Å². The minimum atomic E-state index is -1.03. The summed E-state index contributed by atoms with van der Waals surface area (Å²) in [6.45, 7) is 3.69. The molecule has 2 aromatic rings. The summed E-state index contributed by atoms with van der Waals surface area (Å²) in [6, 6.07) is 4.60. The molecule has 1 heterocycles. The number of carbonyl (C=O) groups excluding carboxylic acids is 1. The second-order valence-electron chi connectivity index (χ2n) is 4.19. The van der Waals surface area contributed by atoms with E-state index >= 15 is 0 Å². The predicted molar refractivity (Wildman–Crippen MR) is 75.4 cm³/mol. The van der Waals surface area contributed by atoms with Crippen LogP contribution < -0.4 is 5.32 Å². The molecule has 0 saturated heterocycles. The fraction of sp³-hybridized carbons (Fsp3) is 0.231. The maximum atomic E-state index is 12.2. The van der Waals surface area contributed by atoms with Gasteiger partial charge in [0.15, 0.2) is 0 Å². The van der Waals surface area contributed by atoms with E-state index in [0.29, 0.717) is 22.7 Å². The largest absolute Gasteiger partial charge is 0.478 e. The Bertz CT molecular complexity index is 667. The zero-order valence-electron chi connectivity index (χ0n) is 11.0. The molecular formula is C13H13N3O3S. The molecule has 20 heavy (non-hydrogen) atoms. The summed E-state index contributed by atoms with van der Waals surface area (Å²) in [5, 5.41) is 15.6. The molecule has 0 bridgehead atoms. The Kier molecular flexibility index (Phi) is 4.09. The Morgan fingerprint density at radius 1 is 1.40 bits per heavy atom. The van der Waals surface area contributed by atoms with E-state index in [1.165, 1.54) is 12.1 Å². The number of amides is 1. The minimum absolute atomic E-state index is 0.129. The molecule has 0 radical (unpaired) electrons. The zero-order valence-corrected chi connectivity index (χ0v) is 11.8. The van der Waals surface area contributed by atoms with Crippen LogP contribution in [0.25, 0.3) is 0 Å². The Morgan fingerprint density at radius 2 is 2.15 bits per heavy atom. The van der Waals surface area contributed by atoms with Gasteiger partial charge in [0, 0.05) is 5.69 Å². The summed E-state index contributed by atoms with van der Waals surface area (Å²) < 4.78 is 3.76. The molecule has 1 amide bonds. The fourth-order valence-electron chi connectivity index (χ4n) is 1.68. The number of carboxylic acid groups (broad SMARTS) is 1. The third-order valence-corrected chi connectivity index (χ3v) is 3.60. The number of nitrogens with one attached hydrogen (secondary N) is 1. The summed E-state index contributed by atoms with van der Waals surface area (Å²) in [7, 11) is 0. The lowest BCUT2D eigenvalue weighted by Crippen LogP contribution is -2.14. The van der Waals surface area contributed by atoms with Crippen LogP contribution in [-0.4, -0.2) is 26.6 Å². The van der Waals surface area contributed by atoms with Crippen LogP contribution in [0.4, 0.5) is 5.69 Å². The second kappa shape index (κ2) is 5.79. The Labute approximate surface area is 119 Å². The van der Waals surface area contributed by atoms with Gasteiger partial charge in [-0.15, -0.1) is 5.10 Å². The quantitative estimate of drug-likeness (QED) is 0.902. The number of anilines is 1. The van der Waals surface area contributed by atoms with Crippen molar-refractivity contribution in [2.45, 2.75) is 20.3 Å². The molecule has 0 saturated carbocycles. The maximum Gasteiger partial charge on any atom is 0.335 e. The average Bonchev–Trinajstić information content (AvgIpc) is 2.89. The van der Waals surface area contributed by atoms with Crippen molar-refractivity contribution < 1.29 is 14.7 Å². The van der Waals surface area contributed by atoms with E-state index < -0.39 is 5.97 Å². The average molecular weight is 291 g/mol. The van der Waals surface area contributed by atoms with E-state index in [-0.39, 0.29) is 11.5 Å². The van der Waals surface area contributed by atoms with Crippen molar-refractivity contribution in [1.29, 1.82) is 0 Å². The number of carbonyl (C=O) groups is 2. The van der Waals surface area contributed by atoms with Crippen LogP contribution in [0, 0.1) is 6.92 Å². The lowest BCUT2D eigenvalue weighted by molar-refractivity contribution is 0.0696. The number of benzene rings is 1. The van der Waals surface area contributed by atoms with Crippen LogP contribution in [0.3, 0.4) is 0 Å². The van der Waals surface area contributed by atoms with E-state index in [9.17, 15) is 9.59 Å². The molecule has 6 nitrogen and oxygen atoms in total. The molecule has 0 atom stereocenters. The normalized spacial score (nSPS) is 10.3. The summed E-state index contributed by atoms with van der Waals surface area (Å²) in [5.74, 6) is -1.35. The van der Waals surface area contributed by atoms with Crippen LogP contribution in [0.2, 0.25) is 0 Å². The highest BCUT2D eigenvalue weighted by atomic mass is 32.1. The van der Waals surface area contributed by atoms with Gasteiger partial charge in [0.1, 0.15) is 4.88 Å². The minimum Gasteiger partial charge on any atom is -0.478 e. The van der Waals surface area contributed by atoms with Crippen LogP contribution in [0.1, 0.15) is 38.2 Å². The molecule has 1 aromatic carbocycles. The van der Waals surface area contributed by atoms with Crippen LogP contribution in [-0.2, 0) is 6.42 Å². The first-order valence-corrected chi connectivity index (χ1v) is 6.76. The molecule has 0 fully saturated rings. The fourth-order valence-corrected chi connectivity index (χ4v) is 2.33. The number of aryl methyl sites for hydroxylation is 2. The van der Waals surface area contributed by atoms with Gasteiger partial charge in [-0.3, -0.25) is 4.79 Å². The number of aromatic nitrogens is 2. The van der Waals surface area contributed by atoms with Crippen LogP contribution in [0.15, 0.2) is 18.2 Å². The summed E-state index contributed by atoms with van der Waals surface area (Å²) in [4.78, 5) is 23.6.